The van der Waals surface area contributed by atoms with Gasteiger partial charge in [-0.05, 0) is 30.9 Å². The minimum atomic E-state index is -4.37. The van der Waals surface area contributed by atoms with Crippen LogP contribution in [0.2, 0.25) is 0 Å². The van der Waals surface area contributed by atoms with Gasteiger partial charge in [0, 0.05) is 18.5 Å². The first-order valence-electron chi connectivity index (χ1n) is 8.17. The molecule has 2 aliphatic rings. The summed E-state index contributed by atoms with van der Waals surface area (Å²) in [6, 6.07) is 4.97. The number of aliphatic hydroxyl groups is 1. The Morgan fingerprint density at radius 3 is 2.60 bits per heavy atom. The van der Waals surface area contributed by atoms with E-state index in [-0.39, 0.29) is 18.3 Å². The van der Waals surface area contributed by atoms with Gasteiger partial charge in [0.1, 0.15) is 0 Å². The van der Waals surface area contributed by atoms with E-state index in [1.807, 2.05) is 0 Å². The number of aliphatic hydroxyl groups excluding tert-OH is 1. The van der Waals surface area contributed by atoms with E-state index in [9.17, 15) is 23.1 Å². The number of halogens is 4. The molecule has 1 aromatic carbocycles. The van der Waals surface area contributed by atoms with Crippen LogP contribution in [0.5, 0.6) is 0 Å². The van der Waals surface area contributed by atoms with Crippen LogP contribution in [0.1, 0.15) is 36.8 Å². The van der Waals surface area contributed by atoms with Crippen LogP contribution in [-0.2, 0) is 16.4 Å². The number of carbonyl (C=O) groups excluding carboxylic acids is 1. The van der Waals surface area contributed by atoms with E-state index in [1.165, 1.54) is 12.1 Å². The Hall–Kier alpha value is -1.31. The third kappa shape index (κ3) is 4.27. The number of nitrogens with one attached hydrogen (secondary N) is 2. The molecule has 0 spiro atoms. The summed E-state index contributed by atoms with van der Waals surface area (Å²) in [4.78, 5) is 12.2. The smallest absolute Gasteiger partial charge is 0.392 e. The van der Waals surface area contributed by atoms with E-state index in [0.29, 0.717) is 25.1 Å². The zero-order valence-electron chi connectivity index (χ0n) is 13.6. The number of alkyl halides is 3. The Balaban J connectivity index is 0.00000225. The van der Waals surface area contributed by atoms with E-state index >= 15 is 0 Å². The van der Waals surface area contributed by atoms with Gasteiger partial charge < -0.3 is 15.7 Å². The quantitative estimate of drug-likeness (QED) is 0.754. The lowest BCUT2D eigenvalue weighted by Gasteiger charge is -2.43. The summed E-state index contributed by atoms with van der Waals surface area (Å²) in [6.07, 6.45) is -2.07. The monoisotopic (exact) mass is 378 g/mol. The molecular formula is C17H22ClF3N2O2. The van der Waals surface area contributed by atoms with Crippen molar-refractivity contribution in [2.75, 3.05) is 13.1 Å². The number of hydrogen-bond donors (Lipinski definition) is 3. The second-order valence-electron chi connectivity index (χ2n) is 6.78. The lowest BCUT2D eigenvalue weighted by Crippen LogP contribution is -2.49. The number of hydrogen-bond acceptors (Lipinski definition) is 3. The van der Waals surface area contributed by atoms with Gasteiger partial charge in [0.15, 0.2) is 0 Å². The first-order chi connectivity index (χ1) is 11.3. The maximum atomic E-state index is 12.9. The molecule has 0 bridgehead atoms. The van der Waals surface area contributed by atoms with Crippen LogP contribution >= 0.6 is 12.4 Å². The Morgan fingerprint density at radius 1 is 1.36 bits per heavy atom. The van der Waals surface area contributed by atoms with Crippen LogP contribution in [0.3, 0.4) is 0 Å². The molecule has 1 aliphatic carbocycles. The molecular weight excluding hydrogens is 357 g/mol. The average molecular weight is 379 g/mol. The SMILES string of the molecule is Cl.O=C(NCC1(c2cccc(C(F)(F)F)c2)CCC1)C1CC(O)CN1. The maximum Gasteiger partial charge on any atom is 0.416 e. The van der Waals surface area contributed by atoms with Gasteiger partial charge in [0.2, 0.25) is 5.91 Å². The second kappa shape index (κ2) is 7.51. The van der Waals surface area contributed by atoms with Gasteiger partial charge >= 0.3 is 6.18 Å². The van der Waals surface area contributed by atoms with Crippen LogP contribution < -0.4 is 10.6 Å². The van der Waals surface area contributed by atoms with Crippen molar-refractivity contribution in [3.05, 3.63) is 35.4 Å². The summed E-state index contributed by atoms with van der Waals surface area (Å²) < 4.78 is 38.8. The highest BCUT2D eigenvalue weighted by Gasteiger charge is 2.41. The van der Waals surface area contributed by atoms with Gasteiger partial charge in [-0.3, -0.25) is 4.79 Å². The topological polar surface area (TPSA) is 61.4 Å². The third-order valence-corrected chi connectivity index (χ3v) is 5.14. The lowest BCUT2D eigenvalue weighted by molar-refractivity contribution is -0.137. The fourth-order valence-electron chi connectivity index (χ4n) is 3.49. The molecule has 0 aromatic heterocycles. The maximum absolute atomic E-state index is 12.9. The number of benzene rings is 1. The highest BCUT2D eigenvalue weighted by atomic mass is 35.5. The highest BCUT2D eigenvalue weighted by molar-refractivity contribution is 5.85. The molecule has 2 atom stereocenters. The van der Waals surface area contributed by atoms with E-state index < -0.39 is 29.3 Å². The Labute approximate surface area is 150 Å². The van der Waals surface area contributed by atoms with Gasteiger partial charge in [0.25, 0.3) is 0 Å². The summed E-state index contributed by atoms with van der Waals surface area (Å²) >= 11 is 0. The fourth-order valence-corrected chi connectivity index (χ4v) is 3.49. The summed E-state index contributed by atoms with van der Waals surface area (Å²) in [6.45, 7) is 0.707. The molecule has 1 saturated carbocycles. The van der Waals surface area contributed by atoms with Crippen molar-refractivity contribution in [1.29, 1.82) is 0 Å². The number of amides is 1. The van der Waals surface area contributed by atoms with Gasteiger partial charge in [-0.25, -0.2) is 0 Å². The van der Waals surface area contributed by atoms with Gasteiger partial charge in [-0.1, -0.05) is 24.6 Å². The first-order valence-corrected chi connectivity index (χ1v) is 8.17. The van der Waals surface area contributed by atoms with Gasteiger partial charge in [-0.15, -0.1) is 12.4 Å². The largest absolute Gasteiger partial charge is 0.416 e. The first kappa shape index (κ1) is 20.0. The Morgan fingerprint density at radius 2 is 2.08 bits per heavy atom. The van der Waals surface area contributed by atoms with Crippen LogP contribution in [0, 0.1) is 0 Å². The molecule has 1 heterocycles. The molecule has 1 saturated heterocycles. The van der Waals surface area contributed by atoms with Crippen LogP contribution in [0.4, 0.5) is 13.2 Å². The van der Waals surface area contributed by atoms with Crippen LogP contribution in [-0.4, -0.2) is 36.2 Å². The Kier molecular flexibility index (Phi) is 6.01. The van der Waals surface area contributed by atoms with E-state index in [2.05, 4.69) is 10.6 Å². The van der Waals surface area contributed by atoms with Crippen LogP contribution in [0.25, 0.3) is 0 Å². The molecule has 4 nitrogen and oxygen atoms in total. The number of carbonyl (C=O) groups is 1. The molecule has 140 valence electrons. The molecule has 3 rings (SSSR count). The minimum Gasteiger partial charge on any atom is -0.392 e. The predicted molar refractivity (Wildman–Crippen MR) is 89.6 cm³/mol. The fraction of sp³-hybridized carbons (Fsp3) is 0.588. The molecule has 8 heteroatoms. The van der Waals surface area contributed by atoms with E-state index in [1.54, 1.807) is 6.07 Å². The highest BCUT2D eigenvalue weighted by Crippen LogP contribution is 2.44. The summed E-state index contributed by atoms with van der Waals surface area (Å²) in [5, 5.41) is 15.3. The molecule has 2 fully saturated rings. The molecule has 1 aliphatic heterocycles. The summed E-state index contributed by atoms with van der Waals surface area (Å²) in [5.74, 6) is -0.204. The standard InChI is InChI=1S/C17H21F3N2O2.ClH/c18-17(19,20)12-4-1-3-11(7-12)16(5-2-6-16)10-22-15(24)14-8-13(23)9-21-14;/h1,3-4,7,13-14,21,23H,2,5-6,8-10H2,(H,22,24);1H. The van der Waals surface area contributed by atoms with Crippen molar-refractivity contribution < 1.29 is 23.1 Å². The molecule has 3 N–H and O–H groups in total. The van der Waals surface area contributed by atoms with E-state index in [4.69, 9.17) is 0 Å². The Bertz CT molecular complexity index is 620. The second-order valence-corrected chi connectivity index (χ2v) is 6.78. The van der Waals surface area contributed by atoms with Gasteiger partial charge in [0.05, 0.1) is 17.7 Å². The molecule has 1 aromatic rings. The zero-order chi connectivity index (χ0) is 17.4. The van der Waals surface area contributed by atoms with Crippen molar-refractivity contribution >= 4 is 18.3 Å². The van der Waals surface area contributed by atoms with Crippen molar-refractivity contribution in [2.24, 2.45) is 0 Å². The summed E-state index contributed by atoms with van der Waals surface area (Å²) in [5.41, 5.74) is -0.449. The van der Waals surface area contributed by atoms with Crippen molar-refractivity contribution in [3.63, 3.8) is 0 Å². The van der Waals surface area contributed by atoms with E-state index in [0.717, 1.165) is 25.3 Å². The third-order valence-electron chi connectivity index (χ3n) is 5.14. The van der Waals surface area contributed by atoms with Crippen LogP contribution in [0.15, 0.2) is 24.3 Å². The summed E-state index contributed by atoms with van der Waals surface area (Å²) in [7, 11) is 0. The minimum absolute atomic E-state index is 0. The van der Waals surface area contributed by atoms with Gasteiger partial charge in [-0.2, -0.15) is 13.2 Å². The number of β-amino-alcohol motifs (C(OH)–C–C–N with tert-alkyl or cyclic N) is 1. The van der Waals surface area contributed by atoms with Crippen molar-refractivity contribution in [1.82, 2.24) is 10.6 Å². The molecule has 1 amide bonds. The van der Waals surface area contributed by atoms with Crippen molar-refractivity contribution in [3.8, 4) is 0 Å². The van der Waals surface area contributed by atoms with Crippen molar-refractivity contribution in [2.45, 2.75) is 49.4 Å². The molecule has 25 heavy (non-hydrogen) atoms. The zero-order valence-corrected chi connectivity index (χ0v) is 14.4. The molecule has 0 radical (unpaired) electrons. The number of rotatable bonds is 4. The normalized spacial score (nSPS) is 25.0. The molecule has 2 unspecified atom stereocenters. The lowest BCUT2D eigenvalue weighted by atomic mass is 9.64. The average Bonchev–Trinajstić information content (AvgIpc) is 2.92. The predicted octanol–water partition coefficient (Wildman–Crippen LogP) is 2.39.